The molecule has 4 heteroatoms. The molecule has 19 heavy (non-hydrogen) atoms. The lowest BCUT2D eigenvalue weighted by Crippen LogP contribution is -2.18. The number of benzene rings is 1. The molecule has 0 aliphatic carbocycles. The Balaban J connectivity index is 2.79. The van der Waals surface area contributed by atoms with E-state index in [1.165, 1.54) is 0 Å². The fourth-order valence-electron chi connectivity index (χ4n) is 1.92. The van der Waals surface area contributed by atoms with Crippen LogP contribution in [0, 0.1) is 0 Å². The van der Waals surface area contributed by atoms with Gasteiger partial charge in [0.05, 0.1) is 12.2 Å². The smallest absolute Gasteiger partial charge is 0.338 e. The van der Waals surface area contributed by atoms with Crippen LogP contribution < -0.4 is 5.32 Å². The van der Waals surface area contributed by atoms with Crippen LogP contribution in [0.5, 0.6) is 0 Å². The van der Waals surface area contributed by atoms with Gasteiger partial charge in [-0.3, -0.25) is 0 Å². The summed E-state index contributed by atoms with van der Waals surface area (Å²) in [5, 5.41) is 3.50. The van der Waals surface area contributed by atoms with Crippen molar-refractivity contribution in [1.29, 1.82) is 0 Å². The van der Waals surface area contributed by atoms with Gasteiger partial charge < -0.3 is 10.1 Å². The molecule has 1 rings (SSSR count). The van der Waals surface area contributed by atoms with Crippen molar-refractivity contribution in [2.45, 2.75) is 46.1 Å². The molecule has 0 amide bonds. The molecule has 0 fully saturated rings. The minimum Gasteiger partial charge on any atom is -0.462 e. The highest BCUT2D eigenvalue weighted by atomic mass is 79.9. The summed E-state index contributed by atoms with van der Waals surface area (Å²) in [7, 11) is 0. The minimum absolute atomic E-state index is 0.282. The molecular weight excluding hydrogens is 306 g/mol. The third-order valence-electron chi connectivity index (χ3n) is 2.97. The van der Waals surface area contributed by atoms with Crippen LogP contribution in [0.25, 0.3) is 0 Å². The standard InChI is InChI=1S/C15H22BrNO2/c1-4-7-12(5-2)17-14-9-8-11(10-13(14)16)15(18)19-6-3/h8-10,12,17H,4-7H2,1-3H3. The topological polar surface area (TPSA) is 38.3 Å². The van der Waals surface area contributed by atoms with Gasteiger partial charge in [0, 0.05) is 16.2 Å². The SMILES string of the molecule is CCCC(CC)Nc1ccc(C(=O)OCC)cc1Br. The maximum Gasteiger partial charge on any atom is 0.338 e. The Labute approximate surface area is 123 Å². The van der Waals surface area contributed by atoms with Crippen LogP contribution in [0.3, 0.4) is 0 Å². The van der Waals surface area contributed by atoms with Gasteiger partial charge in [0.15, 0.2) is 0 Å². The molecule has 0 aliphatic heterocycles. The van der Waals surface area contributed by atoms with Crippen molar-refractivity contribution >= 4 is 27.6 Å². The lowest BCUT2D eigenvalue weighted by Gasteiger charge is -2.18. The molecule has 0 heterocycles. The summed E-state index contributed by atoms with van der Waals surface area (Å²) in [6.45, 7) is 6.56. The first kappa shape index (κ1) is 16.0. The highest BCUT2D eigenvalue weighted by molar-refractivity contribution is 9.10. The Morgan fingerprint density at radius 3 is 2.63 bits per heavy atom. The first-order valence-corrected chi connectivity index (χ1v) is 7.64. The highest BCUT2D eigenvalue weighted by Crippen LogP contribution is 2.25. The van der Waals surface area contributed by atoms with Crippen LogP contribution >= 0.6 is 15.9 Å². The maximum absolute atomic E-state index is 11.6. The van der Waals surface area contributed by atoms with E-state index < -0.39 is 0 Å². The summed E-state index contributed by atoms with van der Waals surface area (Å²) in [5.41, 5.74) is 1.59. The molecule has 0 aliphatic rings. The molecule has 3 nitrogen and oxygen atoms in total. The Bertz CT molecular complexity index is 421. The summed E-state index contributed by atoms with van der Waals surface area (Å²) in [6.07, 6.45) is 3.38. The third kappa shape index (κ3) is 4.86. The Morgan fingerprint density at radius 2 is 2.11 bits per heavy atom. The van der Waals surface area contributed by atoms with Crippen LogP contribution in [0.4, 0.5) is 5.69 Å². The largest absolute Gasteiger partial charge is 0.462 e. The van der Waals surface area contributed by atoms with Crippen molar-refractivity contribution < 1.29 is 9.53 Å². The third-order valence-corrected chi connectivity index (χ3v) is 3.63. The van der Waals surface area contributed by atoms with Gasteiger partial charge in [-0.05, 0) is 53.9 Å². The summed E-state index contributed by atoms with van der Waals surface area (Å²) >= 11 is 3.51. The molecule has 106 valence electrons. The number of rotatable bonds is 7. The summed E-state index contributed by atoms with van der Waals surface area (Å²) < 4.78 is 5.88. The van der Waals surface area contributed by atoms with Gasteiger partial charge in [0.25, 0.3) is 0 Å². The van der Waals surface area contributed by atoms with Gasteiger partial charge >= 0.3 is 5.97 Å². The number of anilines is 1. The van der Waals surface area contributed by atoms with Crippen LogP contribution in [0.1, 0.15) is 50.4 Å². The molecule has 1 aromatic rings. The predicted molar refractivity (Wildman–Crippen MR) is 82.7 cm³/mol. The van der Waals surface area contributed by atoms with Crippen molar-refractivity contribution in [3.63, 3.8) is 0 Å². The maximum atomic E-state index is 11.6. The first-order chi connectivity index (χ1) is 9.12. The van der Waals surface area contributed by atoms with Gasteiger partial charge in [-0.15, -0.1) is 0 Å². The average molecular weight is 328 g/mol. The second-order valence-corrected chi connectivity index (χ2v) is 5.31. The number of halogens is 1. The number of hydrogen-bond donors (Lipinski definition) is 1. The fraction of sp³-hybridized carbons (Fsp3) is 0.533. The Hall–Kier alpha value is -1.03. The van der Waals surface area contributed by atoms with E-state index in [9.17, 15) is 4.79 Å². The van der Waals surface area contributed by atoms with E-state index in [4.69, 9.17) is 4.74 Å². The highest BCUT2D eigenvalue weighted by Gasteiger charge is 2.11. The van der Waals surface area contributed by atoms with Crippen LogP contribution in [-0.2, 0) is 4.74 Å². The summed E-state index contributed by atoms with van der Waals surface area (Å²) in [4.78, 5) is 11.6. The first-order valence-electron chi connectivity index (χ1n) is 6.85. The molecule has 0 spiro atoms. The number of nitrogens with one attached hydrogen (secondary N) is 1. The zero-order chi connectivity index (χ0) is 14.3. The summed E-state index contributed by atoms with van der Waals surface area (Å²) in [6, 6.07) is 5.99. The molecule has 0 saturated carbocycles. The molecule has 1 unspecified atom stereocenters. The molecule has 0 saturated heterocycles. The van der Waals surface area contributed by atoms with Crippen LogP contribution in [-0.4, -0.2) is 18.6 Å². The molecule has 0 aromatic heterocycles. The van der Waals surface area contributed by atoms with Crippen molar-refractivity contribution in [1.82, 2.24) is 0 Å². The van der Waals surface area contributed by atoms with Gasteiger partial charge in [-0.1, -0.05) is 20.3 Å². The molecule has 1 aromatic carbocycles. The number of carbonyl (C=O) groups is 1. The Kier molecular flexibility index (Phi) is 6.92. The van der Waals surface area contributed by atoms with E-state index in [-0.39, 0.29) is 5.97 Å². The van der Waals surface area contributed by atoms with Crippen molar-refractivity contribution in [3.8, 4) is 0 Å². The van der Waals surface area contributed by atoms with E-state index >= 15 is 0 Å². The van der Waals surface area contributed by atoms with E-state index in [0.717, 1.165) is 29.4 Å². The monoisotopic (exact) mass is 327 g/mol. The molecule has 1 N–H and O–H groups in total. The van der Waals surface area contributed by atoms with Gasteiger partial charge in [0.1, 0.15) is 0 Å². The minimum atomic E-state index is -0.282. The van der Waals surface area contributed by atoms with Crippen molar-refractivity contribution in [2.24, 2.45) is 0 Å². The van der Waals surface area contributed by atoms with E-state index in [1.54, 1.807) is 19.1 Å². The number of carbonyl (C=O) groups excluding carboxylic acids is 1. The number of ether oxygens (including phenoxy) is 1. The van der Waals surface area contributed by atoms with Crippen LogP contribution in [0.2, 0.25) is 0 Å². The molecule has 0 bridgehead atoms. The second-order valence-electron chi connectivity index (χ2n) is 4.45. The van der Waals surface area contributed by atoms with Gasteiger partial charge in [-0.25, -0.2) is 4.79 Å². The summed E-state index contributed by atoms with van der Waals surface area (Å²) in [5.74, 6) is -0.282. The molecular formula is C15H22BrNO2. The number of esters is 1. The van der Waals surface area contributed by atoms with Crippen molar-refractivity contribution in [3.05, 3.63) is 28.2 Å². The zero-order valence-electron chi connectivity index (χ0n) is 11.8. The lowest BCUT2D eigenvalue weighted by atomic mass is 10.1. The van der Waals surface area contributed by atoms with Gasteiger partial charge in [0.2, 0.25) is 0 Å². The van der Waals surface area contributed by atoms with Crippen molar-refractivity contribution in [2.75, 3.05) is 11.9 Å². The fourth-order valence-corrected chi connectivity index (χ4v) is 2.41. The van der Waals surface area contributed by atoms with E-state index in [1.807, 2.05) is 6.07 Å². The molecule has 0 radical (unpaired) electrons. The lowest BCUT2D eigenvalue weighted by molar-refractivity contribution is 0.0526. The quantitative estimate of drug-likeness (QED) is 0.743. The zero-order valence-corrected chi connectivity index (χ0v) is 13.4. The van der Waals surface area contributed by atoms with E-state index in [2.05, 4.69) is 35.1 Å². The normalized spacial score (nSPS) is 12.0. The van der Waals surface area contributed by atoms with Gasteiger partial charge in [-0.2, -0.15) is 0 Å². The number of hydrogen-bond acceptors (Lipinski definition) is 3. The van der Waals surface area contributed by atoms with E-state index in [0.29, 0.717) is 18.2 Å². The predicted octanol–water partition coefficient (Wildman–Crippen LogP) is 4.62. The second kappa shape index (κ2) is 8.20. The van der Waals surface area contributed by atoms with Crippen LogP contribution in [0.15, 0.2) is 22.7 Å². The average Bonchev–Trinajstić information content (AvgIpc) is 2.40. The molecule has 1 atom stereocenters. The Morgan fingerprint density at radius 1 is 1.37 bits per heavy atom.